The molecular formula is C21H23N3O6S. The molecule has 1 aromatic carbocycles. The van der Waals surface area contributed by atoms with E-state index >= 15 is 0 Å². The number of esters is 1. The summed E-state index contributed by atoms with van der Waals surface area (Å²) in [6.45, 7) is 3.14. The minimum atomic E-state index is -4.07. The van der Waals surface area contributed by atoms with E-state index in [4.69, 9.17) is 4.42 Å². The average molecular weight is 445 g/mol. The molecule has 2 aliphatic heterocycles. The first-order chi connectivity index (χ1) is 14.8. The number of anilines is 1. The first-order valence-electron chi connectivity index (χ1n) is 9.98. The summed E-state index contributed by atoms with van der Waals surface area (Å²) in [4.78, 5) is 26.3. The van der Waals surface area contributed by atoms with Crippen LogP contribution < -0.4 is 5.01 Å². The van der Waals surface area contributed by atoms with Crippen LogP contribution in [0.1, 0.15) is 36.1 Å². The highest BCUT2D eigenvalue weighted by Gasteiger charge is 2.40. The van der Waals surface area contributed by atoms with Crippen molar-refractivity contribution in [2.45, 2.75) is 31.2 Å². The molecule has 0 N–H and O–H groups in total. The Morgan fingerprint density at radius 1 is 1.16 bits per heavy atom. The van der Waals surface area contributed by atoms with Gasteiger partial charge in [-0.3, -0.25) is 9.80 Å². The molecule has 0 spiro atoms. The predicted octanol–water partition coefficient (Wildman–Crippen LogP) is 2.43. The summed E-state index contributed by atoms with van der Waals surface area (Å²) in [5.74, 6) is -0.322. The SMILES string of the molecule is COC(=O)c1ccc(CN2N=C(C(=O)N3CCC(C)CC3)S(=O)(=O)c3ccccc32)o1. The van der Waals surface area contributed by atoms with Crippen molar-refractivity contribution < 1.29 is 27.2 Å². The van der Waals surface area contributed by atoms with Crippen molar-refractivity contribution >= 4 is 32.4 Å². The third kappa shape index (κ3) is 3.95. The number of ether oxygens (including phenoxy) is 1. The number of benzene rings is 1. The number of fused-ring (bicyclic) bond motifs is 1. The second-order valence-corrected chi connectivity index (χ2v) is 9.50. The van der Waals surface area contributed by atoms with Gasteiger partial charge in [-0.2, -0.15) is 5.10 Å². The number of carbonyl (C=O) groups excluding carboxylic acids is 2. The zero-order chi connectivity index (χ0) is 22.2. The van der Waals surface area contributed by atoms with Gasteiger partial charge >= 0.3 is 5.97 Å². The maximum absolute atomic E-state index is 13.2. The number of sulfone groups is 1. The molecule has 1 saturated heterocycles. The Bertz CT molecular complexity index is 1150. The van der Waals surface area contributed by atoms with Gasteiger partial charge in [0.05, 0.1) is 24.2 Å². The lowest BCUT2D eigenvalue weighted by atomic mass is 9.99. The zero-order valence-electron chi connectivity index (χ0n) is 17.3. The number of hydrogen-bond donors (Lipinski definition) is 0. The van der Waals surface area contributed by atoms with Gasteiger partial charge in [0, 0.05) is 13.1 Å². The molecule has 1 fully saturated rings. The van der Waals surface area contributed by atoms with Gasteiger partial charge in [0.25, 0.3) is 5.91 Å². The van der Waals surface area contributed by atoms with Crippen LogP contribution in [0.5, 0.6) is 0 Å². The molecule has 10 heteroatoms. The van der Waals surface area contributed by atoms with E-state index in [1.165, 1.54) is 24.3 Å². The van der Waals surface area contributed by atoms with E-state index in [2.05, 4.69) is 16.8 Å². The fourth-order valence-corrected chi connectivity index (χ4v) is 5.14. The van der Waals surface area contributed by atoms with Crippen molar-refractivity contribution in [1.29, 1.82) is 0 Å². The van der Waals surface area contributed by atoms with Crippen LogP contribution in [0, 0.1) is 5.92 Å². The summed E-state index contributed by atoms with van der Waals surface area (Å²) >= 11 is 0. The Labute approximate surface area is 180 Å². The van der Waals surface area contributed by atoms with Crippen LogP contribution in [0.3, 0.4) is 0 Å². The third-order valence-electron chi connectivity index (χ3n) is 5.51. The Morgan fingerprint density at radius 3 is 2.58 bits per heavy atom. The third-order valence-corrected chi connectivity index (χ3v) is 7.20. The van der Waals surface area contributed by atoms with Crippen molar-refractivity contribution in [3.63, 3.8) is 0 Å². The van der Waals surface area contributed by atoms with Gasteiger partial charge in [-0.25, -0.2) is 13.2 Å². The van der Waals surface area contributed by atoms with Gasteiger partial charge in [-0.15, -0.1) is 0 Å². The summed E-state index contributed by atoms with van der Waals surface area (Å²) in [5.41, 5.74) is 0.335. The molecule has 2 aliphatic rings. The number of hydrogen-bond acceptors (Lipinski definition) is 8. The average Bonchev–Trinajstić information content (AvgIpc) is 3.24. The highest BCUT2D eigenvalue weighted by atomic mass is 32.2. The van der Waals surface area contributed by atoms with Gasteiger partial charge < -0.3 is 14.1 Å². The van der Waals surface area contributed by atoms with Gasteiger partial charge in [-0.1, -0.05) is 19.1 Å². The highest BCUT2D eigenvalue weighted by Crippen LogP contribution is 2.33. The topological polar surface area (TPSA) is 109 Å². The molecule has 1 amide bonds. The second-order valence-electron chi connectivity index (χ2n) is 7.67. The van der Waals surface area contributed by atoms with E-state index in [1.54, 1.807) is 29.2 Å². The number of furan rings is 1. The minimum Gasteiger partial charge on any atom is -0.463 e. The number of amides is 1. The molecule has 0 atom stereocenters. The van der Waals surface area contributed by atoms with Crippen molar-refractivity contribution in [2.24, 2.45) is 11.0 Å². The summed E-state index contributed by atoms with van der Waals surface area (Å²) in [6, 6.07) is 9.42. The molecule has 0 radical (unpaired) electrons. The number of methoxy groups -OCH3 is 1. The smallest absolute Gasteiger partial charge is 0.373 e. The first kappa shape index (κ1) is 21.1. The largest absolute Gasteiger partial charge is 0.463 e. The maximum atomic E-state index is 13.2. The van der Waals surface area contributed by atoms with Gasteiger partial charge in [0.15, 0.2) is 0 Å². The molecule has 31 heavy (non-hydrogen) atoms. The quantitative estimate of drug-likeness (QED) is 0.665. The Morgan fingerprint density at radius 2 is 1.87 bits per heavy atom. The summed E-state index contributed by atoms with van der Waals surface area (Å²) < 4.78 is 36.5. The monoisotopic (exact) mass is 445 g/mol. The summed E-state index contributed by atoms with van der Waals surface area (Å²) in [6.07, 6.45) is 1.64. The number of rotatable bonds is 4. The zero-order valence-corrected chi connectivity index (χ0v) is 18.1. The fourth-order valence-electron chi connectivity index (χ4n) is 3.67. The number of carbonyl (C=O) groups is 2. The molecule has 0 saturated carbocycles. The number of piperidine rings is 1. The number of nitrogens with zero attached hydrogens (tertiary/aromatic N) is 3. The first-order valence-corrected chi connectivity index (χ1v) is 11.5. The van der Waals surface area contributed by atoms with Crippen LogP contribution in [-0.4, -0.2) is 50.4 Å². The van der Waals surface area contributed by atoms with Crippen LogP contribution in [0.25, 0.3) is 0 Å². The lowest BCUT2D eigenvalue weighted by molar-refractivity contribution is -0.125. The van der Waals surface area contributed by atoms with Crippen LogP contribution >= 0.6 is 0 Å². The summed E-state index contributed by atoms with van der Waals surface area (Å²) in [5, 5.41) is 5.15. The lowest BCUT2D eigenvalue weighted by Crippen LogP contribution is -2.46. The van der Waals surface area contributed by atoms with E-state index in [0.29, 0.717) is 30.5 Å². The standard InChI is InChI=1S/C21H23N3O6S/c1-14-9-11-23(12-10-14)20(25)19-22-24(13-15-7-8-17(30-15)21(26)29-2)16-5-3-4-6-18(16)31(19,27)28/h3-8,14H,9-13H2,1-2H3. The maximum Gasteiger partial charge on any atom is 0.373 e. The second kappa shape index (κ2) is 8.18. The molecule has 0 bridgehead atoms. The number of para-hydroxylation sites is 1. The van der Waals surface area contributed by atoms with Crippen molar-refractivity contribution in [2.75, 3.05) is 25.2 Å². The van der Waals surface area contributed by atoms with Crippen LogP contribution in [0.15, 0.2) is 50.8 Å². The van der Waals surface area contributed by atoms with Crippen molar-refractivity contribution in [3.05, 3.63) is 47.9 Å². The van der Waals surface area contributed by atoms with Gasteiger partial charge in [0.2, 0.25) is 20.6 Å². The molecule has 9 nitrogen and oxygen atoms in total. The number of likely N-dealkylation sites (tertiary alicyclic amines) is 1. The summed E-state index contributed by atoms with van der Waals surface area (Å²) in [7, 11) is -2.82. The Balaban J connectivity index is 1.69. The van der Waals surface area contributed by atoms with E-state index in [-0.39, 0.29) is 17.2 Å². The Kier molecular flexibility index (Phi) is 5.57. The van der Waals surface area contributed by atoms with E-state index in [9.17, 15) is 18.0 Å². The molecule has 0 unspecified atom stereocenters. The van der Waals surface area contributed by atoms with Crippen molar-refractivity contribution in [1.82, 2.24) is 4.90 Å². The predicted molar refractivity (Wildman–Crippen MR) is 112 cm³/mol. The van der Waals surface area contributed by atoms with E-state index < -0.39 is 26.8 Å². The van der Waals surface area contributed by atoms with Crippen LogP contribution in [0.4, 0.5) is 5.69 Å². The molecule has 0 aliphatic carbocycles. The molecule has 1 aromatic heterocycles. The fraction of sp³-hybridized carbons (Fsp3) is 0.381. The Hall–Kier alpha value is -3.14. The van der Waals surface area contributed by atoms with Crippen molar-refractivity contribution in [3.8, 4) is 0 Å². The number of hydrazone groups is 1. The molecule has 2 aromatic rings. The molecular weight excluding hydrogens is 422 g/mol. The van der Waals surface area contributed by atoms with Crippen LogP contribution in [0.2, 0.25) is 0 Å². The van der Waals surface area contributed by atoms with Gasteiger partial charge in [-0.05, 0) is 43.0 Å². The molecule has 4 rings (SSSR count). The van der Waals surface area contributed by atoms with Crippen LogP contribution in [-0.2, 0) is 25.9 Å². The molecule has 164 valence electrons. The van der Waals surface area contributed by atoms with E-state index in [1.807, 2.05) is 0 Å². The lowest BCUT2D eigenvalue weighted by Gasteiger charge is -2.32. The normalized spacial score (nSPS) is 18.3. The highest BCUT2D eigenvalue weighted by molar-refractivity contribution is 8.08. The minimum absolute atomic E-state index is 0.0125. The molecule has 3 heterocycles. The van der Waals surface area contributed by atoms with E-state index in [0.717, 1.165) is 12.8 Å². The van der Waals surface area contributed by atoms with Gasteiger partial charge in [0.1, 0.15) is 5.76 Å².